The third-order valence-corrected chi connectivity index (χ3v) is 3.87. The molecule has 0 aromatic carbocycles. The van der Waals surface area contributed by atoms with Crippen LogP contribution in [-0.2, 0) is 13.0 Å². The topological polar surface area (TPSA) is 43.8 Å². The summed E-state index contributed by atoms with van der Waals surface area (Å²) in [7, 11) is 0. The summed E-state index contributed by atoms with van der Waals surface area (Å²) < 4.78 is 3.32. The number of halogens is 1. The second kappa shape index (κ2) is 5.12. The van der Waals surface area contributed by atoms with Gasteiger partial charge < -0.3 is 10.3 Å². The Bertz CT molecular complexity index is 461. The van der Waals surface area contributed by atoms with E-state index >= 15 is 0 Å². The summed E-state index contributed by atoms with van der Waals surface area (Å²) in [5.74, 6) is 1.06. The lowest BCUT2D eigenvalue weighted by molar-refractivity contribution is 0.651. The first-order valence-electron chi connectivity index (χ1n) is 5.15. The van der Waals surface area contributed by atoms with Gasteiger partial charge in [0.15, 0.2) is 0 Å². The number of hydrogen-bond acceptors (Lipinski definition) is 3. The van der Waals surface area contributed by atoms with Crippen LogP contribution in [0.5, 0.6) is 0 Å². The van der Waals surface area contributed by atoms with E-state index in [0.717, 1.165) is 22.6 Å². The van der Waals surface area contributed by atoms with E-state index in [9.17, 15) is 0 Å². The Morgan fingerprint density at radius 2 is 2.38 bits per heavy atom. The zero-order valence-electron chi connectivity index (χ0n) is 9.06. The number of aromatic nitrogens is 2. The molecule has 2 rings (SSSR count). The molecule has 2 aromatic heterocycles. The van der Waals surface area contributed by atoms with Gasteiger partial charge in [-0.2, -0.15) is 0 Å². The minimum atomic E-state index is 0.149. The van der Waals surface area contributed by atoms with Crippen LogP contribution in [0.3, 0.4) is 0 Å². The van der Waals surface area contributed by atoms with Crippen LogP contribution in [0.1, 0.15) is 17.6 Å². The molecule has 0 saturated heterocycles. The summed E-state index contributed by atoms with van der Waals surface area (Å²) in [5, 5.41) is 0. The molecule has 0 amide bonds. The summed E-state index contributed by atoms with van der Waals surface area (Å²) >= 11 is 5.22. The molecule has 0 aliphatic carbocycles. The van der Waals surface area contributed by atoms with Crippen molar-refractivity contribution in [2.24, 2.45) is 5.73 Å². The molecule has 1 atom stereocenters. The fraction of sp³-hybridized carbons (Fsp3) is 0.364. The predicted molar refractivity (Wildman–Crippen MR) is 70.7 cm³/mol. The minimum absolute atomic E-state index is 0.149. The molecule has 5 heteroatoms. The molecule has 0 fully saturated rings. The maximum absolute atomic E-state index is 5.79. The molecule has 0 bridgehead atoms. The summed E-state index contributed by atoms with van der Waals surface area (Å²) in [5.41, 5.74) is 5.79. The van der Waals surface area contributed by atoms with Crippen molar-refractivity contribution in [1.82, 2.24) is 9.55 Å². The molecule has 0 aliphatic rings. The zero-order valence-corrected chi connectivity index (χ0v) is 11.5. The average molecular weight is 300 g/mol. The molecular weight excluding hydrogens is 286 g/mol. The number of nitrogens with two attached hydrogens (primary N) is 1. The highest BCUT2D eigenvalue weighted by molar-refractivity contribution is 9.11. The maximum atomic E-state index is 5.79. The van der Waals surface area contributed by atoms with Crippen molar-refractivity contribution < 1.29 is 0 Å². The molecule has 0 radical (unpaired) electrons. The van der Waals surface area contributed by atoms with Crippen LogP contribution in [0, 0.1) is 0 Å². The first-order valence-corrected chi connectivity index (χ1v) is 6.76. The average Bonchev–Trinajstić information content (AvgIpc) is 2.77. The summed E-state index contributed by atoms with van der Waals surface area (Å²) in [6, 6.07) is 4.35. The van der Waals surface area contributed by atoms with E-state index in [1.165, 1.54) is 4.88 Å². The first kappa shape index (κ1) is 11.8. The zero-order chi connectivity index (χ0) is 11.5. The third kappa shape index (κ3) is 2.93. The Hall–Kier alpha value is -0.650. The minimum Gasteiger partial charge on any atom is -0.330 e. The molecule has 0 spiro atoms. The monoisotopic (exact) mass is 299 g/mol. The lowest BCUT2D eigenvalue weighted by Crippen LogP contribution is -2.20. The van der Waals surface area contributed by atoms with Crippen LogP contribution in [0.4, 0.5) is 0 Å². The quantitative estimate of drug-likeness (QED) is 0.943. The molecule has 2 aromatic rings. The highest BCUT2D eigenvalue weighted by atomic mass is 79.9. The lowest BCUT2D eigenvalue weighted by Gasteiger charge is -2.08. The van der Waals surface area contributed by atoms with Gasteiger partial charge in [-0.25, -0.2) is 4.98 Å². The van der Waals surface area contributed by atoms with E-state index in [1.54, 1.807) is 11.3 Å². The van der Waals surface area contributed by atoms with Gasteiger partial charge in [-0.15, -0.1) is 11.3 Å². The number of thiophene rings is 1. The Labute approximate surface area is 107 Å². The standard InChI is InChI=1S/C11H14BrN3S/c1-8(13)6-11-14-4-5-15(11)7-9-2-3-10(12)16-9/h2-5,8H,6-7,13H2,1H3. The van der Waals surface area contributed by atoms with Gasteiger partial charge in [0.1, 0.15) is 5.82 Å². The highest BCUT2D eigenvalue weighted by Crippen LogP contribution is 2.23. The van der Waals surface area contributed by atoms with Crippen LogP contribution < -0.4 is 5.73 Å². The normalized spacial score (nSPS) is 12.9. The smallest absolute Gasteiger partial charge is 0.110 e. The molecule has 0 saturated carbocycles. The predicted octanol–water partition coefficient (Wildman–Crippen LogP) is 2.65. The molecule has 0 aliphatic heterocycles. The highest BCUT2D eigenvalue weighted by Gasteiger charge is 2.07. The van der Waals surface area contributed by atoms with Crippen molar-refractivity contribution in [3.05, 3.63) is 39.0 Å². The molecular formula is C11H14BrN3S. The van der Waals surface area contributed by atoms with E-state index < -0.39 is 0 Å². The second-order valence-electron chi connectivity index (χ2n) is 3.86. The number of imidazole rings is 1. The SMILES string of the molecule is CC(N)Cc1nccn1Cc1ccc(Br)s1. The van der Waals surface area contributed by atoms with Crippen molar-refractivity contribution in [1.29, 1.82) is 0 Å². The number of rotatable bonds is 4. The van der Waals surface area contributed by atoms with Gasteiger partial charge >= 0.3 is 0 Å². The van der Waals surface area contributed by atoms with Crippen LogP contribution in [0.2, 0.25) is 0 Å². The maximum Gasteiger partial charge on any atom is 0.110 e. The molecule has 1 unspecified atom stereocenters. The van der Waals surface area contributed by atoms with E-state index in [2.05, 4.69) is 37.6 Å². The van der Waals surface area contributed by atoms with Crippen molar-refractivity contribution in [2.75, 3.05) is 0 Å². The van der Waals surface area contributed by atoms with Crippen LogP contribution in [0.25, 0.3) is 0 Å². The lowest BCUT2D eigenvalue weighted by atomic mass is 10.2. The number of nitrogens with zero attached hydrogens (tertiary/aromatic N) is 2. The number of hydrogen-bond donors (Lipinski definition) is 1. The fourth-order valence-corrected chi connectivity index (χ4v) is 3.05. The van der Waals surface area contributed by atoms with E-state index in [0.29, 0.717) is 0 Å². The van der Waals surface area contributed by atoms with Crippen molar-refractivity contribution in [3.8, 4) is 0 Å². The van der Waals surface area contributed by atoms with Crippen LogP contribution in [0.15, 0.2) is 28.3 Å². The van der Waals surface area contributed by atoms with E-state index in [-0.39, 0.29) is 6.04 Å². The molecule has 2 heterocycles. The van der Waals surface area contributed by atoms with E-state index in [4.69, 9.17) is 5.73 Å². The van der Waals surface area contributed by atoms with E-state index in [1.807, 2.05) is 19.3 Å². The summed E-state index contributed by atoms with van der Waals surface area (Å²) in [6.45, 7) is 2.87. The molecule has 86 valence electrons. The molecule has 3 nitrogen and oxygen atoms in total. The van der Waals surface area contributed by atoms with Gasteiger partial charge in [-0.3, -0.25) is 0 Å². The van der Waals surface area contributed by atoms with Gasteiger partial charge in [-0.1, -0.05) is 0 Å². The Kier molecular flexibility index (Phi) is 3.78. The van der Waals surface area contributed by atoms with Crippen LogP contribution in [-0.4, -0.2) is 15.6 Å². The Morgan fingerprint density at radius 1 is 1.56 bits per heavy atom. The molecule has 16 heavy (non-hydrogen) atoms. The van der Waals surface area contributed by atoms with Gasteiger partial charge in [0.05, 0.1) is 10.3 Å². The fourth-order valence-electron chi connectivity index (χ4n) is 1.57. The van der Waals surface area contributed by atoms with Crippen molar-refractivity contribution in [2.45, 2.75) is 25.9 Å². The Morgan fingerprint density at radius 3 is 3.00 bits per heavy atom. The van der Waals surface area contributed by atoms with Gasteiger partial charge in [-0.05, 0) is 35.0 Å². The third-order valence-electron chi connectivity index (χ3n) is 2.26. The second-order valence-corrected chi connectivity index (χ2v) is 6.41. The van der Waals surface area contributed by atoms with Gasteiger partial charge in [0.2, 0.25) is 0 Å². The Balaban J connectivity index is 2.12. The van der Waals surface area contributed by atoms with Gasteiger partial charge in [0.25, 0.3) is 0 Å². The largest absolute Gasteiger partial charge is 0.330 e. The summed E-state index contributed by atoms with van der Waals surface area (Å²) in [6.07, 6.45) is 4.66. The van der Waals surface area contributed by atoms with Crippen molar-refractivity contribution >= 4 is 27.3 Å². The first-order chi connectivity index (χ1) is 7.65. The molecule has 2 N–H and O–H groups in total. The summed E-state index contributed by atoms with van der Waals surface area (Å²) in [4.78, 5) is 5.65. The van der Waals surface area contributed by atoms with Gasteiger partial charge in [0, 0.05) is 29.7 Å². The van der Waals surface area contributed by atoms with Crippen molar-refractivity contribution in [3.63, 3.8) is 0 Å². The van der Waals surface area contributed by atoms with Crippen LogP contribution >= 0.6 is 27.3 Å².